The highest BCUT2D eigenvalue weighted by atomic mass is 32.2. The van der Waals surface area contributed by atoms with E-state index in [4.69, 9.17) is 0 Å². The number of sulfone groups is 1. The van der Waals surface area contributed by atoms with Crippen molar-refractivity contribution in [1.29, 1.82) is 0 Å². The lowest BCUT2D eigenvalue weighted by molar-refractivity contribution is -0.137. The molecule has 30 heavy (non-hydrogen) atoms. The van der Waals surface area contributed by atoms with Crippen LogP contribution in [0.25, 0.3) is 11.0 Å². The largest absolute Gasteiger partial charge is 0.416 e. The number of rotatable bonds is 7. The topological polar surface area (TPSA) is 72.3 Å². The van der Waals surface area contributed by atoms with E-state index in [1.807, 2.05) is 6.92 Å². The summed E-state index contributed by atoms with van der Waals surface area (Å²) in [5.74, 6) is -0.0895. The number of hydrogen-bond acceptors (Lipinski definition) is 5. The van der Waals surface area contributed by atoms with Gasteiger partial charge < -0.3 is 9.47 Å². The van der Waals surface area contributed by atoms with Crippen LogP contribution >= 0.6 is 11.8 Å². The Morgan fingerprint density at radius 1 is 1.33 bits per heavy atom. The van der Waals surface area contributed by atoms with Crippen LogP contribution in [0.2, 0.25) is 0 Å². The number of benzene rings is 1. The molecule has 1 aliphatic heterocycles. The molecule has 1 atom stereocenters. The van der Waals surface area contributed by atoms with Gasteiger partial charge in [-0.1, -0.05) is 18.7 Å². The lowest BCUT2D eigenvalue weighted by atomic mass is 10.2. The van der Waals surface area contributed by atoms with Gasteiger partial charge >= 0.3 is 6.18 Å². The predicted molar refractivity (Wildman–Crippen MR) is 110 cm³/mol. The van der Waals surface area contributed by atoms with Crippen molar-refractivity contribution in [3.63, 3.8) is 0 Å². The van der Waals surface area contributed by atoms with Gasteiger partial charge in [-0.3, -0.25) is 4.79 Å². The Kier molecular flexibility index (Phi) is 6.71. The first-order chi connectivity index (χ1) is 14.1. The van der Waals surface area contributed by atoms with Gasteiger partial charge in [0, 0.05) is 19.1 Å². The van der Waals surface area contributed by atoms with Gasteiger partial charge in [-0.2, -0.15) is 13.2 Å². The van der Waals surface area contributed by atoms with E-state index in [2.05, 4.69) is 4.98 Å². The van der Waals surface area contributed by atoms with Gasteiger partial charge in [0.1, 0.15) is 0 Å². The van der Waals surface area contributed by atoms with E-state index in [1.165, 1.54) is 17.8 Å². The Bertz CT molecular complexity index is 1030. The molecule has 1 aromatic carbocycles. The van der Waals surface area contributed by atoms with Crippen LogP contribution in [0.1, 0.15) is 32.3 Å². The summed E-state index contributed by atoms with van der Waals surface area (Å²) in [7, 11) is -3.11. The molecule has 2 heterocycles. The van der Waals surface area contributed by atoms with E-state index in [-0.39, 0.29) is 29.2 Å². The van der Waals surface area contributed by atoms with Crippen LogP contribution < -0.4 is 0 Å². The molecule has 1 saturated heterocycles. The number of amides is 1. The number of alkyl halides is 3. The van der Waals surface area contributed by atoms with Crippen molar-refractivity contribution in [3.8, 4) is 0 Å². The van der Waals surface area contributed by atoms with Crippen LogP contribution in [-0.4, -0.2) is 58.6 Å². The molecule has 0 unspecified atom stereocenters. The smallest absolute Gasteiger partial charge is 0.338 e. The Hall–Kier alpha value is -1.75. The van der Waals surface area contributed by atoms with E-state index in [9.17, 15) is 26.4 Å². The minimum Gasteiger partial charge on any atom is -0.338 e. The van der Waals surface area contributed by atoms with Crippen LogP contribution in [0.4, 0.5) is 13.2 Å². The average Bonchev–Trinajstić information content (AvgIpc) is 3.19. The number of thioether (sulfide) groups is 1. The molecule has 166 valence electrons. The molecule has 3 rings (SSSR count). The molecule has 2 aromatic rings. The third kappa shape index (κ3) is 4.93. The molecule has 1 aliphatic rings. The third-order valence-electron chi connectivity index (χ3n) is 5.12. The second-order valence-electron chi connectivity index (χ2n) is 7.27. The average molecular weight is 464 g/mol. The predicted octanol–water partition coefficient (Wildman–Crippen LogP) is 3.59. The zero-order valence-electron chi connectivity index (χ0n) is 16.8. The van der Waals surface area contributed by atoms with Crippen molar-refractivity contribution in [2.75, 3.05) is 23.8 Å². The van der Waals surface area contributed by atoms with Crippen LogP contribution in [0.5, 0.6) is 0 Å². The number of carbonyl (C=O) groups is 1. The first kappa shape index (κ1) is 22.9. The molecule has 0 radical (unpaired) electrons. The van der Waals surface area contributed by atoms with E-state index >= 15 is 0 Å². The number of imidazole rings is 1. The van der Waals surface area contributed by atoms with Crippen molar-refractivity contribution in [3.05, 3.63) is 23.8 Å². The Morgan fingerprint density at radius 3 is 2.63 bits per heavy atom. The van der Waals surface area contributed by atoms with Gasteiger partial charge in [0.25, 0.3) is 0 Å². The number of fused-ring (bicyclic) bond motifs is 1. The molecule has 0 bridgehead atoms. The normalized spacial score (nSPS) is 18.8. The van der Waals surface area contributed by atoms with Gasteiger partial charge in [0.2, 0.25) is 5.91 Å². The SMILES string of the molecule is CCCn1c(SCC(=O)N(CC)[C@@H]2CCS(=O)(=O)C2)nc2ccc(C(F)(F)F)cc21. The molecule has 0 spiro atoms. The molecule has 0 aliphatic carbocycles. The Balaban J connectivity index is 1.81. The summed E-state index contributed by atoms with van der Waals surface area (Å²) in [6.07, 6.45) is -3.31. The maximum absolute atomic E-state index is 13.1. The molecule has 0 N–H and O–H groups in total. The molecule has 6 nitrogen and oxygen atoms in total. The summed E-state index contributed by atoms with van der Waals surface area (Å²) in [5, 5.41) is 0.481. The van der Waals surface area contributed by atoms with Crippen LogP contribution in [0, 0.1) is 0 Å². The van der Waals surface area contributed by atoms with Gasteiger partial charge in [-0.15, -0.1) is 0 Å². The summed E-state index contributed by atoms with van der Waals surface area (Å²) >= 11 is 1.17. The highest BCUT2D eigenvalue weighted by Gasteiger charge is 2.34. The number of carbonyl (C=O) groups excluding carboxylic acids is 1. The standard InChI is InChI=1S/C19H24F3N3O3S2/c1-3-8-25-16-10-13(19(20,21)22)5-6-15(16)23-18(25)29-11-17(26)24(4-2)14-7-9-30(27,28)12-14/h5-6,10,14H,3-4,7-9,11-12H2,1-2H3/t14-/m1/s1. The number of halogens is 3. The highest BCUT2D eigenvalue weighted by molar-refractivity contribution is 7.99. The molecule has 0 saturated carbocycles. The fourth-order valence-electron chi connectivity index (χ4n) is 3.70. The van der Waals surface area contributed by atoms with Gasteiger partial charge in [-0.05, 0) is 38.0 Å². The lowest BCUT2D eigenvalue weighted by Gasteiger charge is -2.26. The fraction of sp³-hybridized carbons (Fsp3) is 0.579. The van der Waals surface area contributed by atoms with Crippen LogP contribution in [0.15, 0.2) is 23.4 Å². The monoisotopic (exact) mass is 463 g/mol. The van der Waals surface area contributed by atoms with Crippen molar-refractivity contribution < 1.29 is 26.4 Å². The van der Waals surface area contributed by atoms with E-state index in [0.29, 0.717) is 42.1 Å². The second kappa shape index (κ2) is 8.78. The van der Waals surface area contributed by atoms with Crippen LogP contribution in [0.3, 0.4) is 0 Å². The molecular weight excluding hydrogens is 439 g/mol. The van der Waals surface area contributed by atoms with E-state index in [0.717, 1.165) is 12.1 Å². The van der Waals surface area contributed by atoms with Crippen molar-refractivity contribution in [2.45, 2.75) is 50.6 Å². The van der Waals surface area contributed by atoms with Gasteiger partial charge in [0.15, 0.2) is 15.0 Å². The van der Waals surface area contributed by atoms with Crippen molar-refractivity contribution in [1.82, 2.24) is 14.5 Å². The quantitative estimate of drug-likeness (QED) is 0.587. The molecule has 1 amide bonds. The summed E-state index contributed by atoms with van der Waals surface area (Å²) < 4.78 is 64.5. The number of hydrogen-bond donors (Lipinski definition) is 0. The Morgan fingerprint density at radius 2 is 2.07 bits per heavy atom. The zero-order chi connectivity index (χ0) is 22.1. The van der Waals surface area contributed by atoms with Gasteiger partial charge in [-0.25, -0.2) is 13.4 Å². The van der Waals surface area contributed by atoms with Crippen LogP contribution in [-0.2, 0) is 27.4 Å². The summed E-state index contributed by atoms with van der Waals surface area (Å²) in [5.41, 5.74) is 0.0935. The number of aryl methyl sites for hydroxylation is 1. The first-order valence-electron chi connectivity index (χ1n) is 9.76. The zero-order valence-corrected chi connectivity index (χ0v) is 18.4. The Labute approximate surface area is 177 Å². The molecule has 1 aromatic heterocycles. The summed E-state index contributed by atoms with van der Waals surface area (Å²) in [4.78, 5) is 18.7. The molecule has 11 heteroatoms. The lowest BCUT2D eigenvalue weighted by Crippen LogP contribution is -2.42. The van der Waals surface area contributed by atoms with E-state index in [1.54, 1.807) is 16.4 Å². The number of nitrogens with zero attached hydrogens (tertiary/aromatic N) is 3. The molecule has 1 fully saturated rings. The maximum Gasteiger partial charge on any atom is 0.416 e. The van der Waals surface area contributed by atoms with Crippen molar-refractivity contribution >= 4 is 38.5 Å². The van der Waals surface area contributed by atoms with E-state index < -0.39 is 21.6 Å². The maximum atomic E-state index is 13.1. The highest BCUT2D eigenvalue weighted by Crippen LogP contribution is 2.33. The first-order valence-corrected chi connectivity index (χ1v) is 12.6. The second-order valence-corrected chi connectivity index (χ2v) is 10.4. The molecular formula is C19H24F3N3O3S2. The number of aromatic nitrogens is 2. The third-order valence-corrected chi connectivity index (χ3v) is 7.83. The summed E-state index contributed by atoms with van der Waals surface area (Å²) in [6, 6.07) is 3.12. The van der Waals surface area contributed by atoms with Crippen molar-refractivity contribution in [2.24, 2.45) is 0 Å². The van der Waals surface area contributed by atoms with Gasteiger partial charge in [0.05, 0.1) is 33.9 Å². The minimum absolute atomic E-state index is 0.0220. The fourth-order valence-corrected chi connectivity index (χ4v) is 6.35. The minimum atomic E-state index is -4.44. The summed E-state index contributed by atoms with van der Waals surface area (Å²) in [6.45, 7) is 4.60.